The van der Waals surface area contributed by atoms with Gasteiger partial charge in [0.2, 0.25) is 5.91 Å². The summed E-state index contributed by atoms with van der Waals surface area (Å²) < 4.78 is 7.16. The number of hydrogen-bond donors (Lipinski definition) is 2. The van der Waals surface area contributed by atoms with Crippen LogP contribution >= 0.6 is 31.9 Å². The minimum absolute atomic E-state index is 0.131. The number of amides is 2. The molecule has 126 valence electrons. The predicted octanol–water partition coefficient (Wildman–Crippen LogP) is 2.92. The van der Waals surface area contributed by atoms with E-state index in [4.69, 9.17) is 4.74 Å². The lowest BCUT2D eigenvalue weighted by Crippen LogP contribution is -2.28. The maximum atomic E-state index is 11.7. The monoisotopic (exact) mass is 447 g/mol. The van der Waals surface area contributed by atoms with Crippen molar-refractivity contribution in [2.45, 2.75) is 27.2 Å². The lowest BCUT2D eigenvalue weighted by atomic mass is 10.2. The molecule has 1 aromatic carbocycles. The van der Waals surface area contributed by atoms with E-state index < -0.39 is 5.91 Å². The zero-order valence-corrected chi connectivity index (χ0v) is 16.4. The van der Waals surface area contributed by atoms with Crippen LogP contribution in [0.15, 0.2) is 26.2 Å². The highest BCUT2D eigenvalue weighted by Gasteiger charge is 2.08. The number of hydrogen-bond acceptors (Lipinski definition) is 4. The molecule has 0 saturated heterocycles. The van der Waals surface area contributed by atoms with Crippen LogP contribution in [0.2, 0.25) is 0 Å². The number of rotatable bonds is 7. The van der Waals surface area contributed by atoms with E-state index in [1.807, 2.05) is 26.0 Å². The van der Waals surface area contributed by atoms with E-state index in [-0.39, 0.29) is 18.9 Å². The van der Waals surface area contributed by atoms with E-state index in [1.54, 1.807) is 6.92 Å². The van der Waals surface area contributed by atoms with Gasteiger partial charge in [-0.2, -0.15) is 5.10 Å². The fraction of sp³-hybridized carbons (Fsp3) is 0.400. The SMILES string of the molecule is CCNC(=O)C/C(C)=N/NC(=O)COc1cc(C)c(Br)cc1Br. The highest BCUT2D eigenvalue weighted by Crippen LogP contribution is 2.31. The number of halogens is 2. The molecule has 0 aliphatic rings. The average molecular weight is 449 g/mol. The summed E-state index contributed by atoms with van der Waals surface area (Å²) in [5.41, 5.74) is 3.88. The average Bonchev–Trinajstić information content (AvgIpc) is 2.47. The Labute approximate surface area is 152 Å². The van der Waals surface area contributed by atoms with Gasteiger partial charge in [0.1, 0.15) is 5.75 Å². The third-order valence-electron chi connectivity index (χ3n) is 2.73. The Bertz CT molecular complexity index is 618. The van der Waals surface area contributed by atoms with Gasteiger partial charge in [0.25, 0.3) is 5.91 Å². The Balaban J connectivity index is 2.48. The van der Waals surface area contributed by atoms with E-state index >= 15 is 0 Å². The van der Waals surface area contributed by atoms with Crippen LogP contribution in [0.4, 0.5) is 0 Å². The Morgan fingerprint density at radius 2 is 1.91 bits per heavy atom. The van der Waals surface area contributed by atoms with E-state index in [9.17, 15) is 9.59 Å². The lowest BCUT2D eigenvalue weighted by molar-refractivity contribution is -0.123. The van der Waals surface area contributed by atoms with Crippen LogP contribution in [0.5, 0.6) is 5.75 Å². The van der Waals surface area contributed by atoms with Crippen molar-refractivity contribution in [3.8, 4) is 5.75 Å². The molecule has 1 aromatic rings. The van der Waals surface area contributed by atoms with Gasteiger partial charge in [-0.15, -0.1) is 0 Å². The molecule has 0 aliphatic heterocycles. The second-order valence-electron chi connectivity index (χ2n) is 4.83. The summed E-state index contributed by atoms with van der Waals surface area (Å²) in [5.74, 6) is 0.0464. The van der Waals surface area contributed by atoms with Crippen LogP contribution in [0, 0.1) is 6.92 Å². The van der Waals surface area contributed by atoms with Crippen LogP contribution in [-0.4, -0.2) is 30.7 Å². The zero-order valence-electron chi connectivity index (χ0n) is 13.2. The second-order valence-corrected chi connectivity index (χ2v) is 6.54. The van der Waals surface area contributed by atoms with Crippen molar-refractivity contribution in [2.24, 2.45) is 5.10 Å². The van der Waals surface area contributed by atoms with E-state index in [1.165, 1.54) is 0 Å². The standard InChI is InChI=1S/C15H19Br2N3O3/c1-4-18-14(21)6-10(3)19-20-15(22)8-23-13-5-9(2)11(16)7-12(13)17/h5,7H,4,6,8H2,1-3H3,(H,18,21)(H,20,22)/b19-10+. The summed E-state index contributed by atoms with van der Waals surface area (Å²) in [6.45, 7) is 5.83. The number of carbonyl (C=O) groups excluding carboxylic acids is 2. The summed E-state index contributed by atoms with van der Waals surface area (Å²) in [7, 11) is 0. The summed E-state index contributed by atoms with van der Waals surface area (Å²) in [4.78, 5) is 23.1. The largest absolute Gasteiger partial charge is 0.483 e. The molecule has 0 aliphatic carbocycles. The predicted molar refractivity (Wildman–Crippen MR) is 96.6 cm³/mol. The summed E-state index contributed by atoms with van der Waals surface area (Å²) >= 11 is 6.79. The first-order chi connectivity index (χ1) is 10.8. The number of ether oxygens (including phenoxy) is 1. The van der Waals surface area contributed by atoms with Crippen LogP contribution in [-0.2, 0) is 9.59 Å². The molecule has 2 amide bonds. The van der Waals surface area contributed by atoms with Gasteiger partial charge in [0, 0.05) is 16.7 Å². The Morgan fingerprint density at radius 1 is 1.22 bits per heavy atom. The van der Waals surface area contributed by atoms with Gasteiger partial charge in [-0.05, 0) is 54.4 Å². The van der Waals surface area contributed by atoms with Crippen LogP contribution < -0.4 is 15.5 Å². The molecule has 8 heteroatoms. The van der Waals surface area contributed by atoms with Crippen LogP contribution in [0.25, 0.3) is 0 Å². The molecule has 0 atom stereocenters. The molecular formula is C15H19Br2N3O3. The molecule has 0 radical (unpaired) electrons. The third-order valence-corrected chi connectivity index (χ3v) is 4.21. The minimum Gasteiger partial charge on any atom is -0.483 e. The molecular weight excluding hydrogens is 430 g/mol. The molecule has 0 bridgehead atoms. The minimum atomic E-state index is -0.396. The van der Waals surface area contributed by atoms with Crippen molar-refractivity contribution in [1.29, 1.82) is 0 Å². The Hall–Kier alpha value is -1.41. The van der Waals surface area contributed by atoms with Gasteiger partial charge >= 0.3 is 0 Å². The molecule has 23 heavy (non-hydrogen) atoms. The first-order valence-corrected chi connectivity index (χ1v) is 8.59. The zero-order chi connectivity index (χ0) is 17.4. The summed E-state index contributed by atoms with van der Waals surface area (Å²) in [6, 6.07) is 3.68. The highest BCUT2D eigenvalue weighted by atomic mass is 79.9. The van der Waals surface area contributed by atoms with Crippen LogP contribution in [0.1, 0.15) is 25.8 Å². The molecule has 6 nitrogen and oxygen atoms in total. The van der Waals surface area contributed by atoms with Crippen LogP contribution in [0.3, 0.4) is 0 Å². The van der Waals surface area contributed by atoms with Gasteiger partial charge < -0.3 is 10.1 Å². The van der Waals surface area contributed by atoms with E-state index in [0.717, 1.165) is 14.5 Å². The lowest BCUT2D eigenvalue weighted by Gasteiger charge is -2.09. The summed E-state index contributed by atoms with van der Waals surface area (Å²) in [5, 5.41) is 6.53. The molecule has 2 N–H and O–H groups in total. The molecule has 0 saturated carbocycles. The Kier molecular flexibility index (Phi) is 8.25. The number of nitrogens with one attached hydrogen (secondary N) is 2. The first kappa shape index (κ1) is 19.6. The van der Waals surface area contributed by atoms with Gasteiger partial charge in [0.05, 0.1) is 10.9 Å². The van der Waals surface area contributed by atoms with Crippen molar-refractivity contribution in [3.63, 3.8) is 0 Å². The van der Waals surface area contributed by atoms with Crippen molar-refractivity contribution in [3.05, 3.63) is 26.6 Å². The summed E-state index contributed by atoms with van der Waals surface area (Å²) in [6.07, 6.45) is 0.145. The maximum Gasteiger partial charge on any atom is 0.277 e. The topological polar surface area (TPSA) is 79.8 Å². The molecule has 0 spiro atoms. The van der Waals surface area contributed by atoms with E-state index in [2.05, 4.69) is 47.7 Å². The fourth-order valence-corrected chi connectivity index (χ4v) is 2.71. The molecule has 1 rings (SSSR count). The van der Waals surface area contributed by atoms with Gasteiger partial charge in [0.15, 0.2) is 6.61 Å². The van der Waals surface area contributed by atoms with Crippen molar-refractivity contribution >= 4 is 49.4 Å². The third kappa shape index (κ3) is 7.13. The van der Waals surface area contributed by atoms with Gasteiger partial charge in [-0.1, -0.05) is 15.9 Å². The van der Waals surface area contributed by atoms with Crippen molar-refractivity contribution in [2.75, 3.05) is 13.2 Å². The quantitative estimate of drug-likeness (QED) is 0.497. The number of hydrazone groups is 1. The number of nitrogens with zero attached hydrogens (tertiary/aromatic N) is 1. The highest BCUT2D eigenvalue weighted by molar-refractivity contribution is 9.11. The number of aryl methyl sites for hydroxylation is 1. The Morgan fingerprint density at radius 3 is 2.57 bits per heavy atom. The van der Waals surface area contributed by atoms with Crippen molar-refractivity contribution < 1.29 is 14.3 Å². The maximum absolute atomic E-state index is 11.7. The molecule has 0 unspecified atom stereocenters. The molecule has 0 fully saturated rings. The first-order valence-electron chi connectivity index (χ1n) is 7.00. The van der Waals surface area contributed by atoms with Gasteiger partial charge in [-0.3, -0.25) is 9.59 Å². The number of benzene rings is 1. The number of carbonyl (C=O) groups is 2. The normalized spacial score (nSPS) is 11.1. The van der Waals surface area contributed by atoms with Crippen molar-refractivity contribution in [1.82, 2.24) is 10.7 Å². The smallest absolute Gasteiger partial charge is 0.277 e. The second kappa shape index (κ2) is 9.67. The van der Waals surface area contributed by atoms with E-state index in [0.29, 0.717) is 18.0 Å². The van der Waals surface area contributed by atoms with Gasteiger partial charge in [-0.25, -0.2) is 5.43 Å². The molecule has 0 aromatic heterocycles. The molecule has 0 heterocycles. The fourth-order valence-electron chi connectivity index (χ4n) is 1.61.